The molecule has 0 aliphatic carbocycles. The third-order valence-electron chi connectivity index (χ3n) is 4.59. The molecule has 0 unspecified atom stereocenters. The van der Waals surface area contributed by atoms with Gasteiger partial charge in [0, 0.05) is 12.5 Å². The fourth-order valence-electron chi connectivity index (χ4n) is 3.18. The van der Waals surface area contributed by atoms with E-state index in [2.05, 4.69) is 10.3 Å². The smallest absolute Gasteiger partial charge is 0.342 e. The molecule has 8 nitrogen and oxygen atoms in total. The van der Waals surface area contributed by atoms with E-state index in [-0.39, 0.29) is 11.4 Å². The Labute approximate surface area is 186 Å². The van der Waals surface area contributed by atoms with E-state index in [9.17, 15) is 14.4 Å². The zero-order valence-electron chi connectivity index (χ0n) is 17.4. The molecule has 162 valence electrons. The van der Waals surface area contributed by atoms with Crippen LogP contribution < -0.4 is 10.1 Å². The van der Waals surface area contributed by atoms with Crippen LogP contribution in [0.5, 0.6) is 5.75 Å². The number of esters is 2. The normalized spacial score (nSPS) is 10.7. The van der Waals surface area contributed by atoms with Gasteiger partial charge < -0.3 is 13.9 Å². The summed E-state index contributed by atoms with van der Waals surface area (Å²) in [5.41, 5.74) is 1.64. The third kappa shape index (κ3) is 4.10. The van der Waals surface area contributed by atoms with E-state index in [0.29, 0.717) is 27.6 Å². The van der Waals surface area contributed by atoms with Crippen molar-refractivity contribution in [1.29, 1.82) is 0 Å². The summed E-state index contributed by atoms with van der Waals surface area (Å²) in [5.74, 6) is -0.795. The van der Waals surface area contributed by atoms with E-state index < -0.39 is 17.8 Å². The maximum atomic E-state index is 12.9. The molecule has 0 atom stereocenters. The van der Waals surface area contributed by atoms with Crippen molar-refractivity contribution in [3.05, 3.63) is 65.4 Å². The Morgan fingerprint density at radius 3 is 2.44 bits per heavy atom. The summed E-state index contributed by atoms with van der Waals surface area (Å²) in [4.78, 5) is 41.0. The van der Waals surface area contributed by atoms with Crippen LogP contribution in [0.2, 0.25) is 0 Å². The van der Waals surface area contributed by atoms with E-state index in [1.807, 2.05) is 24.3 Å². The lowest BCUT2D eigenvalue weighted by atomic mass is 10.1. The molecule has 4 rings (SSSR count). The Morgan fingerprint density at radius 2 is 1.78 bits per heavy atom. The molecule has 0 radical (unpaired) electrons. The number of thiazole rings is 1. The zero-order valence-corrected chi connectivity index (χ0v) is 18.2. The quantitative estimate of drug-likeness (QED) is 0.343. The number of methoxy groups -OCH3 is 1. The summed E-state index contributed by atoms with van der Waals surface area (Å²) in [6, 6.07) is 13.6. The number of fused-ring (bicyclic) bond motifs is 1. The second kappa shape index (κ2) is 8.64. The summed E-state index contributed by atoms with van der Waals surface area (Å²) < 4.78 is 16.6. The Bertz CT molecular complexity index is 1300. The van der Waals surface area contributed by atoms with Gasteiger partial charge in [0.1, 0.15) is 22.1 Å². The van der Waals surface area contributed by atoms with Gasteiger partial charge in [-0.05, 0) is 43.3 Å². The first-order chi connectivity index (χ1) is 15.4. The molecule has 0 bridgehead atoms. The van der Waals surface area contributed by atoms with Crippen molar-refractivity contribution in [1.82, 2.24) is 4.98 Å². The van der Waals surface area contributed by atoms with Crippen molar-refractivity contribution in [2.24, 2.45) is 0 Å². The molecule has 0 spiro atoms. The number of carbonyl (C=O) groups excluding carboxylic acids is 3. The molecule has 0 aliphatic rings. The summed E-state index contributed by atoms with van der Waals surface area (Å²) in [6.45, 7) is 2.91. The van der Waals surface area contributed by atoms with Gasteiger partial charge in [-0.1, -0.05) is 12.1 Å². The van der Waals surface area contributed by atoms with Crippen LogP contribution in [0.1, 0.15) is 33.4 Å². The number of ether oxygens (including phenoxy) is 2. The minimum Gasteiger partial charge on any atom is -0.465 e. The molecule has 4 aromatic rings. The van der Waals surface area contributed by atoms with Gasteiger partial charge in [0.15, 0.2) is 0 Å². The number of benzene rings is 2. The average Bonchev–Trinajstić information content (AvgIpc) is 3.33. The number of aromatic nitrogens is 1. The molecular formula is C23H18N2O6S. The zero-order chi connectivity index (χ0) is 22.8. The Morgan fingerprint density at radius 1 is 1.06 bits per heavy atom. The molecule has 9 heteroatoms. The topological polar surface area (TPSA) is 108 Å². The molecule has 1 amide bonds. The fourth-order valence-corrected chi connectivity index (χ4v) is 4.19. The van der Waals surface area contributed by atoms with Crippen LogP contribution in [-0.4, -0.2) is 29.9 Å². The van der Waals surface area contributed by atoms with Crippen molar-refractivity contribution < 1.29 is 28.3 Å². The highest BCUT2D eigenvalue weighted by Gasteiger charge is 2.29. The van der Waals surface area contributed by atoms with Gasteiger partial charge in [0.25, 0.3) is 5.91 Å². The van der Waals surface area contributed by atoms with Crippen LogP contribution in [0.25, 0.3) is 20.8 Å². The maximum Gasteiger partial charge on any atom is 0.342 e. The van der Waals surface area contributed by atoms with Crippen molar-refractivity contribution in [2.45, 2.75) is 13.8 Å². The summed E-state index contributed by atoms with van der Waals surface area (Å²) in [7, 11) is 1.28. The molecule has 0 aliphatic heterocycles. The molecule has 2 aromatic carbocycles. The predicted molar refractivity (Wildman–Crippen MR) is 119 cm³/mol. The summed E-state index contributed by atoms with van der Waals surface area (Å²) in [5, 5.41) is 3.23. The monoisotopic (exact) mass is 450 g/mol. The number of carbonyl (C=O) groups is 3. The first-order valence-electron chi connectivity index (χ1n) is 9.55. The number of nitrogens with zero attached hydrogens (tertiary/aromatic N) is 1. The average molecular weight is 450 g/mol. The number of aryl methyl sites for hydroxylation is 1. The molecule has 32 heavy (non-hydrogen) atoms. The number of furan rings is 1. The van der Waals surface area contributed by atoms with Gasteiger partial charge in [0.2, 0.25) is 5.88 Å². The molecule has 2 heterocycles. The number of hydrogen-bond donors (Lipinski definition) is 1. The van der Waals surface area contributed by atoms with E-state index in [1.165, 1.54) is 49.6 Å². The van der Waals surface area contributed by atoms with Crippen LogP contribution in [-0.2, 0) is 9.53 Å². The number of hydrogen-bond acceptors (Lipinski definition) is 8. The van der Waals surface area contributed by atoms with Gasteiger partial charge in [-0.2, -0.15) is 0 Å². The molecule has 1 N–H and O–H groups in total. The van der Waals surface area contributed by atoms with E-state index >= 15 is 0 Å². The van der Waals surface area contributed by atoms with Gasteiger partial charge in [-0.15, -0.1) is 11.3 Å². The fraction of sp³-hybridized carbons (Fsp3) is 0.130. The van der Waals surface area contributed by atoms with Gasteiger partial charge in [0.05, 0.1) is 22.9 Å². The molecule has 2 aromatic heterocycles. The number of nitrogens with one attached hydrogen (secondary N) is 1. The third-order valence-corrected chi connectivity index (χ3v) is 5.64. The molecule has 0 saturated carbocycles. The van der Waals surface area contributed by atoms with Crippen LogP contribution >= 0.6 is 11.3 Å². The van der Waals surface area contributed by atoms with Gasteiger partial charge >= 0.3 is 11.9 Å². The molecular weight excluding hydrogens is 432 g/mol. The SMILES string of the molecule is COC(=O)c1c(C)oc(NC(=O)c2ccc(OC(C)=O)cc2)c1-c1nc2ccccc2s1. The lowest BCUT2D eigenvalue weighted by Gasteiger charge is -2.06. The minimum absolute atomic E-state index is 0.0935. The van der Waals surface area contributed by atoms with Crippen LogP contribution in [0, 0.1) is 6.92 Å². The molecule has 0 fully saturated rings. The van der Waals surface area contributed by atoms with E-state index in [0.717, 1.165) is 10.2 Å². The number of anilines is 1. The molecule has 0 saturated heterocycles. The minimum atomic E-state index is -0.591. The standard InChI is InChI=1S/C23H18N2O6S/c1-12-18(23(28)29-3)19(22-24-16-6-4-5-7-17(16)32-22)21(30-12)25-20(27)14-8-10-15(11-9-14)31-13(2)26/h4-11H,1-3H3,(H,25,27). The van der Waals surface area contributed by atoms with Crippen molar-refractivity contribution in [3.8, 4) is 16.3 Å². The van der Waals surface area contributed by atoms with E-state index in [1.54, 1.807) is 6.92 Å². The highest BCUT2D eigenvalue weighted by atomic mass is 32.1. The number of amides is 1. The lowest BCUT2D eigenvalue weighted by Crippen LogP contribution is -2.12. The van der Waals surface area contributed by atoms with Crippen molar-refractivity contribution >= 4 is 45.3 Å². The van der Waals surface area contributed by atoms with E-state index in [4.69, 9.17) is 13.9 Å². The lowest BCUT2D eigenvalue weighted by molar-refractivity contribution is -0.131. The largest absolute Gasteiger partial charge is 0.465 e. The first-order valence-corrected chi connectivity index (χ1v) is 10.4. The summed E-state index contributed by atoms with van der Waals surface area (Å²) in [6.07, 6.45) is 0. The summed E-state index contributed by atoms with van der Waals surface area (Å²) >= 11 is 1.37. The number of rotatable bonds is 5. The Kier molecular flexibility index (Phi) is 5.74. The van der Waals surface area contributed by atoms with Crippen molar-refractivity contribution in [2.75, 3.05) is 12.4 Å². The Hall–Kier alpha value is -3.98. The number of para-hydroxylation sites is 1. The van der Waals surface area contributed by atoms with Crippen LogP contribution in [0.4, 0.5) is 5.88 Å². The highest BCUT2D eigenvalue weighted by Crippen LogP contribution is 2.40. The van der Waals surface area contributed by atoms with Crippen LogP contribution in [0.15, 0.2) is 52.9 Å². The predicted octanol–water partition coefficient (Wildman–Crippen LogP) is 4.83. The Balaban J connectivity index is 1.73. The second-order valence-corrected chi connectivity index (χ2v) is 7.82. The second-order valence-electron chi connectivity index (χ2n) is 6.79. The first kappa shape index (κ1) is 21.3. The van der Waals surface area contributed by atoms with Gasteiger partial charge in [-0.3, -0.25) is 14.9 Å². The van der Waals surface area contributed by atoms with Crippen LogP contribution in [0.3, 0.4) is 0 Å². The highest BCUT2D eigenvalue weighted by molar-refractivity contribution is 7.21. The maximum absolute atomic E-state index is 12.9. The van der Waals surface area contributed by atoms with Gasteiger partial charge in [-0.25, -0.2) is 9.78 Å². The van der Waals surface area contributed by atoms with Crippen molar-refractivity contribution in [3.63, 3.8) is 0 Å².